The maximum Gasteiger partial charge on any atom is 0.338 e. The smallest absolute Gasteiger partial charge is 0.338 e. The molecule has 1 heterocycles. The summed E-state index contributed by atoms with van der Waals surface area (Å²) in [7, 11) is 0. The van der Waals surface area contributed by atoms with E-state index in [1.807, 2.05) is 30.3 Å². The number of carbonyl (C=O) groups excluding carboxylic acids is 3. The van der Waals surface area contributed by atoms with Gasteiger partial charge in [-0.2, -0.15) is 0 Å². The van der Waals surface area contributed by atoms with E-state index in [9.17, 15) is 14.4 Å². The number of nitrogens with zero attached hydrogens (tertiary/aromatic N) is 1. The predicted octanol–water partition coefficient (Wildman–Crippen LogP) is 3.70. The van der Waals surface area contributed by atoms with Gasteiger partial charge in [0, 0.05) is 12.1 Å². The first-order valence-electron chi connectivity index (χ1n) is 9.07. The van der Waals surface area contributed by atoms with Gasteiger partial charge < -0.3 is 10.1 Å². The fourth-order valence-corrected chi connectivity index (χ4v) is 3.07. The summed E-state index contributed by atoms with van der Waals surface area (Å²) >= 11 is 0. The summed E-state index contributed by atoms with van der Waals surface area (Å²) in [6, 6.07) is 7.81. The lowest BCUT2D eigenvalue weighted by Gasteiger charge is -2.36. The van der Waals surface area contributed by atoms with Gasteiger partial charge in [-0.05, 0) is 25.8 Å². The molecule has 1 atom stereocenters. The molecule has 0 fully saturated rings. The lowest BCUT2D eigenvalue weighted by Crippen LogP contribution is -2.51. The Bertz CT molecular complexity index is 697. The Labute approximate surface area is 154 Å². The summed E-state index contributed by atoms with van der Waals surface area (Å²) in [4.78, 5) is 39.1. The van der Waals surface area contributed by atoms with Crippen molar-refractivity contribution in [3.63, 3.8) is 0 Å². The number of amides is 3. The fraction of sp³-hybridized carbons (Fsp3) is 0.450. The Morgan fingerprint density at radius 1 is 1.15 bits per heavy atom. The molecule has 3 amide bonds. The molecule has 1 aromatic carbocycles. The van der Waals surface area contributed by atoms with E-state index in [0.717, 1.165) is 17.7 Å². The molecule has 1 aliphatic rings. The van der Waals surface area contributed by atoms with Gasteiger partial charge in [0.05, 0.1) is 12.2 Å². The van der Waals surface area contributed by atoms with Crippen LogP contribution in [0.3, 0.4) is 0 Å². The second-order valence-corrected chi connectivity index (χ2v) is 6.22. The number of carbonyl (C=O) groups is 3. The standard InChI is InChI=1S/C20H26N2O4/c1-4-6-8-13-16(23)22-18(15-11-9-7-10-12-15)17(19(24)26-5-2)14(3)21-20(22)25/h7,9-12,18H,4-6,8,13H2,1-3H3,(H,21,25). The minimum atomic E-state index is -0.780. The van der Waals surface area contributed by atoms with Crippen molar-refractivity contribution in [3.05, 3.63) is 47.2 Å². The van der Waals surface area contributed by atoms with Crippen LogP contribution in [0.5, 0.6) is 0 Å². The second kappa shape index (κ2) is 9.17. The number of urea groups is 1. The van der Waals surface area contributed by atoms with Crippen LogP contribution in [0, 0.1) is 0 Å². The van der Waals surface area contributed by atoms with Crippen molar-refractivity contribution in [1.82, 2.24) is 10.2 Å². The normalized spacial score (nSPS) is 17.1. The molecular formula is C20H26N2O4. The number of esters is 1. The average molecular weight is 358 g/mol. The molecule has 1 N–H and O–H groups in total. The molecule has 0 radical (unpaired) electrons. The van der Waals surface area contributed by atoms with Crippen LogP contribution >= 0.6 is 0 Å². The van der Waals surface area contributed by atoms with Gasteiger partial charge >= 0.3 is 12.0 Å². The summed E-state index contributed by atoms with van der Waals surface area (Å²) in [5.41, 5.74) is 1.41. The van der Waals surface area contributed by atoms with Gasteiger partial charge in [0.2, 0.25) is 5.91 Å². The van der Waals surface area contributed by atoms with Crippen LogP contribution < -0.4 is 5.32 Å². The van der Waals surface area contributed by atoms with Gasteiger partial charge in [-0.15, -0.1) is 0 Å². The Kier molecular flexibility index (Phi) is 6.95. The quantitative estimate of drug-likeness (QED) is 0.596. The fourth-order valence-electron chi connectivity index (χ4n) is 3.07. The number of nitrogens with one attached hydrogen (secondary N) is 1. The third kappa shape index (κ3) is 4.31. The topological polar surface area (TPSA) is 75.7 Å². The molecule has 1 aliphatic heterocycles. The summed E-state index contributed by atoms with van der Waals surface area (Å²) in [5.74, 6) is -0.815. The molecule has 1 aromatic rings. The zero-order valence-corrected chi connectivity index (χ0v) is 15.6. The highest BCUT2D eigenvalue weighted by molar-refractivity contribution is 6.02. The third-order valence-corrected chi connectivity index (χ3v) is 4.32. The molecule has 0 saturated heterocycles. The molecule has 0 aromatic heterocycles. The third-order valence-electron chi connectivity index (χ3n) is 4.32. The molecule has 6 heteroatoms. The van der Waals surface area contributed by atoms with Crippen molar-refractivity contribution in [2.45, 2.75) is 52.5 Å². The molecule has 0 spiro atoms. The van der Waals surface area contributed by atoms with Crippen molar-refractivity contribution in [2.24, 2.45) is 0 Å². The molecule has 0 bridgehead atoms. The van der Waals surface area contributed by atoms with Crippen molar-refractivity contribution in [3.8, 4) is 0 Å². The Morgan fingerprint density at radius 3 is 2.46 bits per heavy atom. The molecule has 140 valence electrons. The van der Waals surface area contributed by atoms with Crippen molar-refractivity contribution in [1.29, 1.82) is 0 Å². The number of rotatable bonds is 7. The first kappa shape index (κ1) is 19.7. The first-order valence-corrected chi connectivity index (χ1v) is 9.07. The van der Waals surface area contributed by atoms with E-state index in [2.05, 4.69) is 12.2 Å². The van der Waals surface area contributed by atoms with Crippen LogP contribution in [-0.4, -0.2) is 29.4 Å². The minimum absolute atomic E-state index is 0.218. The van der Waals surface area contributed by atoms with Gasteiger partial charge in [0.15, 0.2) is 0 Å². The van der Waals surface area contributed by atoms with Crippen molar-refractivity contribution < 1.29 is 19.1 Å². The number of allylic oxidation sites excluding steroid dienone is 1. The van der Waals surface area contributed by atoms with E-state index in [1.54, 1.807) is 13.8 Å². The van der Waals surface area contributed by atoms with Crippen LogP contribution in [-0.2, 0) is 14.3 Å². The zero-order chi connectivity index (χ0) is 19.1. The number of ether oxygens (including phenoxy) is 1. The van der Waals surface area contributed by atoms with Crippen LogP contribution in [0.1, 0.15) is 58.1 Å². The van der Waals surface area contributed by atoms with Crippen LogP contribution in [0.4, 0.5) is 4.79 Å². The van der Waals surface area contributed by atoms with Gasteiger partial charge in [0.25, 0.3) is 0 Å². The summed E-state index contributed by atoms with van der Waals surface area (Å²) < 4.78 is 5.18. The molecular weight excluding hydrogens is 332 g/mol. The Hall–Kier alpha value is -2.63. The molecule has 0 saturated carbocycles. The van der Waals surface area contributed by atoms with Gasteiger partial charge in [-0.3, -0.25) is 9.69 Å². The lowest BCUT2D eigenvalue weighted by atomic mass is 9.93. The van der Waals surface area contributed by atoms with Crippen LogP contribution in [0.2, 0.25) is 0 Å². The maximum atomic E-state index is 12.8. The molecule has 2 rings (SSSR count). The molecule has 0 aliphatic carbocycles. The summed E-state index contributed by atoms with van der Waals surface area (Å²) in [6.07, 6.45) is 2.86. The SMILES string of the molecule is CCCCCC(=O)N1C(=O)NC(C)=C(C(=O)OCC)C1c1ccccc1. The van der Waals surface area contributed by atoms with Crippen molar-refractivity contribution in [2.75, 3.05) is 6.61 Å². The average Bonchev–Trinajstić information content (AvgIpc) is 2.62. The van der Waals surface area contributed by atoms with E-state index >= 15 is 0 Å². The number of hydrogen-bond donors (Lipinski definition) is 1. The first-order chi connectivity index (χ1) is 12.5. The second-order valence-electron chi connectivity index (χ2n) is 6.22. The number of imide groups is 1. The number of benzene rings is 1. The van der Waals surface area contributed by atoms with Crippen molar-refractivity contribution >= 4 is 17.9 Å². The molecule has 26 heavy (non-hydrogen) atoms. The predicted molar refractivity (Wildman–Crippen MR) is 98.0 cm³/mol. The van der Waals surface area contributed by atoms with E-state index in [4.69, 9.17) is 4.74 Å². The minimum Gasteiger partial charge on any atom is -0.463 e. The van der Waals surface area contributed by atoms with E-state index in [-0.39, 0.29) is 18.9 Å². The van der Waals surface area contributed by atoms with Crippen LogP contribution in [0.25, 0.3) is 0 Å². The highest BCUT2D eigenvalue weighted by Gasteiger charge is 2.41. The monoisotopic (exact) mass is 358 g/mol. The highest BCUT2D eigenvalue weighted by atomic mass is 16.5. The number of hydrogen-bond acceptors (Lipinski definition) is 4. The van der Waals surface area contributed by atoms with Crippen LogP contribution in [0.15, 0.2) is 41.6 Å². The lowest BCUT2D eigenvalue weighted by molar-refractivity contribution is -0.140. The van der Waals surface area contributed by atoms with E-state index < -0.39 is 18.0 Å². The largest absolute Gasteiger partial charge is 0.463 e. The van der Waals surface area contributed by atoms with Gasteiger partial charge in [0.1, 0.15) is 6.04 Å². The van der Waals surface area contributed by atoms with E-state index in [1.165, 1.54) is 0 Å². The highest BCUT2D eigenvalue weighted by Crippen LogP contribution is 2.34. The molecule has 1 unspecified atom stereocenters. The zero-order valence-electron chi connectivity index (χ0n) is 15.6. The summed E-state index contributed by atoms with van der Waals surface area (Å²) in [6.45, 7) is 5.64. The Balaban J connectivity index is 2.46. The van der Waals surface area contributed by atoms with Gasteiger partial charge in [-0.1, -0.05) is 50.1 Å². The maximum absolute atomic E-state index is 12.8. The summed E-state index contributed by atoms with van der Waals surface area (Å²) in [5, 5.41) is 2.63. The van der Waals surface area contributed by atoms with Gasteiger partial charge in [-0.25, -0.2) is 9.59 Å². The van der Waals surface area contributed by atoms with E-state index in [0.29, 0.717) is 23.3 Å². The Morgan fingerprint density at radius 2 is 1.85 bits per heavy atom. The number of unbranched alkanes of at least 4 members (excludes halogenated alkanes) is 2. The molecule has 6 nitrogen and oxygen atoms in total.